The molecule has 2 heterocycles. The second-order valence-corrected chi connectivity index (χ2v) is 6.93. The Bertz CT molecular complexity index is 771. The summed E-state index contributed by atoms with van der Waals surface area (Å²) in [6.45, 7) is 1.84. The molecular weight excluding hydrogens is 367 g/mol. The molecule has 1 aromatic carbocycles. The van der Waals surface area contributed by atoms with Crippen LogP contribution in [-0.4, -0.2) is 46.5 Å². The Balaban J connectivity index is 1.62. The van der Waals surface area contributed by atoms with Gasteiger partial charge in [0.1, 0.15) is 0 Å². The predicted octanol–water partition coefficient (Wildman–Crippen LogP) is 3.44. The monoisotopic (exact) mass is 385 g/mol. The van der Waals surface area contributed by atoms with Crippen LogP contribution in [0.25, 0.3) is 11.4 Å². The molecule has 1 saturated heterocycles. The average molecular weight is 385 g/mol. The highest BCUT2D eigenvalue weighted by Crippen LogP contribution is 2.32. The molecule has 0 saturated carbocycles. The van der Waals surface area contributed by atoms with Crippen LogP contribution >= 0.6 is 11.5 Å². The van der Waals surface area contributed by atoms with Crippen molar-refractivity contribution in [2.75, 3.05) is 25.5 Å². The average Bonchev–Trinajstić information content (AvgIpc) is 3.05. The van der Waals surface area contributed by atoms with Crippen LogP contribution in [0.15, 0.2) is 24.3 Å². The zero-order valence-corrected chi connectivity index (χ0v) is 14.8. The summed E-state index contributed by atoms with van der Waals surface area (Å²) in [5.74, 6) is 0.149. The molecule has 140 valence electrons. The Hall–Kier alpha value is -2.20. The van der Waals surface area contributed by atoms with E-state index in [1.165, 1.54) is 12.1 Å². The number of hydrogen-bond acceptors (Lipinski definition) is 5. The summed E-state index contributed by atoms with van der Waals surface area (Å²) in [6.07, 6.45) is -2.69. The van der Waals surface area contributed by atoms with E-state index in [4.69, 9.17) is 0 Å². The van der Waals surface area contributed by atoms with Gasteiger partial charge in [0, 0.05) is 23.1 Å². The first kappa shape index (κ1) is 18.6. The lowest BCUT2D eigenvalue weighted by Crippen LogP contribution is -2.44. The number of benzene rings is 1. The van der Waals surface area contributed by atoms with Crippen LogP contribution in [0.1, 0.15) is 18.4 Å². The van der Waals surface area contributed by atoms with Crippen LogP contribution in [0.4, 0.5) is 23.1 Å². The fourth-order valence-corrected chi connectivity index (χ4v) is 3.28. The minimum atomic E-state index is -4.43. The van der Waals surface area contributed by atoms with Crippen molar-refractivity contribution in [3.05, 3.63) is 29.8 Å². The van der Waals surface area contributed by atoms with Gasteiger partial charge >= 0.3 is 12.2 Å². The van der Waals surface area contributed by atoms with Gasteiger partial charge in [0.2, 0.25) is 5.13 Å². The Kier molecular flexibility index (Phi) is 5.42. The fraction of sp³-hybridized carbons (Fsp3) is 0.438. The van der Waals surface area contributed by atoms with Crippen molar-refractivity contribution in [1.82, 2.24) is 19.6 Å². The SMILES string of the molecule is CN1CCC(NC(=O)Nc2nc(-c3cccc(C(F)(F)F)c3)ns2)CC1. The lowest BCUT2D eigenvalue weighted by molar-refractivity contribution is -0.137. The number of amides is 2. The number of anilines is 1. The van der Waals surface area contributed by atoms with Gasteiger partial charge in [0.05, 0.1) is 5.56 Å². The number of aromatic nitrogens is 2. The molecule has 0 spiro atoms. The smallest absolute Gasteiger partial charge is 0.335 e. The molecule has 2 aromatic rings. The quantitative estimate of drug-likeness (QED) is 0.849. The molecule has 10 heteroatoms. The molecule has 3 rings (SSSR count). The zero-order valence-electron chi connectivity index (χ0n) is 14.0. The van der Waals surface area contributed by atoms with Gasteiger partial charge in [-0.1, -0.05) is 12.1 Å². The van der Waals surface area contributed by atoms with Gasteiger partial charge in [-0.3, -0.25) is 5.32 Å². The highest BCUT2D eigenvalue weighted by atomic mass is 32.1. The Morgan fingerprint density at radius 2 is 2.04 bits per heavy atom. The minimum absolute atomic E-state index is 0.0991. The Labute approximate surface area is 152 Å². The topological polar surface area (TPSA) is 70.2 Å². The minimum Gasteiger partial charge on any atom is -0.335 e. The molecule has 1 aliphatic heterocycles. The number of likely N-dealkylation sites (tertiary alicyclic amines) is 1. The van der Waals surface area contributed by atoms with E-state index in [-0.39, 0.29) is 28.6 Å². The Morgan fingerprint density at radius 1 is 1.31 bits per heavy atom. The van der Waals surface area contributed by atoms with Gasteiger partial charge < -0.3 is 10.2 Å². The van der Waals surface area contributed by atoms with E-state index in [2.05, 4.69) is 24.9 Å². The number of piperidine rings is 1. The summed E-state index contributed by atoms with van der Waals surface area (Å²) < 4.78 is 42.4. The molecule has 6 nitrogen and oxygen atoms in total. The first-order valence-corrected chi connectivity index (χ1v) is 8.86. The third-order valence-corrected chi connectivity index (χ3v) is 4.78. The standard InChI is InChI=1S/C16H18F3N5OS/c1-24-7-5-12(6-8-24)20-14(25)22-15-21-13(23-26-15)10-3-2-4-11(9-10)16(17,18)19/h2-4,9,12H,5-8H2,1H3,(H2,20,21,22,23,25). The number of urea groups is 1. The Morgan fingerprint density at radius 3 is 2.73 bits per heavy atom. The lowest BCUT2D eigenvalue weighted by atomic mass is 10.1. The van der Waals surface area contributed by atoms with Gasteiger partial charge in [-0.2, -0.15) is 22.5 Å². The normalized spacial score (nSPS) is 16.5. The summed E-state index contributed by atoms with van der Waals surface area (Å²) in [6, 6.07) is 4.50. The van der Waals surface area contributed by atoms with Crippen LogP contribution in [0.5, 0.6) is 0 Å². The number of rotatable bonds is 3. The van der Waals surface area contributed by atoms with Crippen LogP contribution in [-0.2, 0) is 6.18 Å². The molecule has 2 N–H and O–H groups in total. The number of halogens is 3. The van der Waals surface area contributed by atoms with E-state index < -0.39 is 11.7 Å². The summed E-state index contributed by atoms with van der Waals surface area (Å²) >= 11 is 0.926. The third kappa shape index (κ3) is 4.70. The zero-order chi connectivity index (χ0) is 18.7. The summed E-state index contributed by atoms with van der Waals surface area (Å²) in [7, 11) is 2.03. The second-order valence-electron chi connectivity index (χ2n) is 6.18. The largest absolute Gasteiger partial charge is 0.416 e. The highest BCUT2D eigenvalue weighted by Gasteiger charge is 2.30. The maximum atomic E-state index is 12.8. The van der Waals surface area contributed by atoms with Crippen LogP contribution in [0.3, 0.4) is 0 Å². The second kappa shape index (κ2) is 7.58. The number of carbonyl (C=O) groups excluding carboxylic acids is 1. The molecular formula is C16H18F3N5OS. The van der Waals surface area contributed by atoms with E-state index >= 15 is 0 Å². The molecule has 1 fully saturated rings. The third-order valence-electron chi connectivity index (χ3n) is 4.15. The number of nitrogens with zero attached hydrogens (tertiary/aromatic N) is 3. The van der Waals surface area contributed by atoms with Gasteiger partial charge in [0.25, 0.3) is 0 Å². The molecule has 0 unspecified atom stereocenters. The predicted molar refractivity (Wildman–Crippen MR) is 93.0 cm³/mol. The maximum Gasteiger partial charge on any atom is 0.416 e. The van der Waals surface area contributed by atoms with Crippen molar-refractivity contribution in [3.8, 4) is 11.4 Å². The first-order valence-electron chi connectivity index (χ1n) is 8.08. The van der Waals surface area contributed by atoms with Crippen molar-refractivity contribution in [2.45, 2.75) is 25.1 Å². The molecule has 0 aliphatic carbocycles. The van der Waals surface area contributed by atoms with Crippen molar-refractivity contribution in [2.24, 2.45) is 0 Å². The molecule has 1 aliphatic rings. The molecule has 2 amide bonds. The van der Waals surface area contributed by atoms with Gasteiger partial charge in [-0.15, -0.1) is 0 Å². The number of hydrogen-bond donors (Lipinski definition) is 2. The summed E-state index contributed by atoms with van der Waals surface area (Å²) in [5, 5.41) is 5.71. The van der Waals surface area contributed by atoms with E-state index in [0.717, 1.165) is 49.6 Å². The number of carbonyl (C=O) groups is 1. The summed E-state index contributed by atoms with van der Waals surface area (Å²) in [4.78, 5) is 18.4. The molecule has 0 radical (unpaired) electrons. The molecule has 26 heavy (non-hydrogen) atoms. The van der Waals surface area contributed by atoms with Gasteiger partial charge in [-0.05, 0) is 45.1 Å². The van der Waals surface area contributed by atoms with E-state index in [1.54, 1.807) is 0 Å². The molecule has 1 aromatic heterocycles. The van der Waals surface area contributed by atoms with Crippen molar-refractivity contribution in [1.29, 1.82) is 0 Å². The van der Waals surface area contributed by atoms with Gasteiger partial charge in [-0.25, -0.2) is 4.79 Å². The molecule has 0 atom stereocenters. The lowest BCUT2D eigenvalue weighted by Gasteiger charge is -2.29. The first-order chi connectivity index (χ1) is 12.3. The van der Waals surface area contributed by atoms with E-state index in [0.29, 0.717) is 0 Å². The van der Waals surface area contributed by atoms with Crippen LogP contribution in [0.2, 0.25) is 0 Å². The number of alkyl halides is 3. The van der Waals surface area contributed by atoms with Crippen LogP contribution in [0, 0.1) is 0 Å². The molecule has 0 bridgehead atoms. The van der Waals surface area contributed by atoms with Gasteiger partial charge in [0.15, 0.2) is 5.82 Å². The maximum absolute atomic E-state index is 12.8. The van der Waals surface area contributed by atoms with Crippen molar-refractivity contribution < 1.29 is 18.0 Å². The van der Waals surface area contributed by atoms with Crippen LogP contribution < -0.4 is 10.6 Å². The van der Waals surface area contributed by atoms with E-state index in [1.807, 2.05) is 7.05 Å². The van der Waals surface area contributed by atoms with E-state index in [9.17, 15) is 18.0 Å². The fourth-order valence-electron chi connectivity index (χ4n) is 2.70. The van der Waals surface area contributed by atoms with Crippen molar-refractivity contribution in [3.63, 3.8) is 0 Å². The number of nitrogens with one attached hydrogen (secondary N) is 2. The highest BCUT2D eigenvalue weighted by molar-refractivity contribution is 7.10. The summed E-state index contributed by atoms with van der Waals surface area (Å²) in [5.41, 5.74) is -0.515. The van der Waals surface area contributed by atoms with Crippen molar-refractivity contribution >= 4 is 22.7 Å².